The number of halogens is 1. The van der Waals surface area contributed by atoms with Crippen LogP contribution in [0.1, 0.15) is 58.8 Å². The lowest BCUT2D eigenvalue weighted by Crippen LogP contribution is -2.55. The van der Waals surface area contributed by atoms with Gasteiger partial charge in [-0.25, -0.2) is 0 Å². The normalized spacial score (nSPS) is 29.7. The Hall–Kier alpha value is -0.0800. The highest BCUT2D eigenvalue weighted by molar-refractivity contribution is 14.0. The van der Waals surface area contributed by atoms with E-state index in [4.69, 9.17) is 4.99 Å². The molecule has 4 atom stereocenters. The van der Waals surface area contributed by atoms with Crippen LogP contribution in [0.25, 0.3) is 0 Å². The molecule has 5 nitrogen and oxygen atoms in total. The number of hydrogen-bond acceptors (Lipinski definition) is 3. The molecule has 27 heavy (non-hydrogen) atoms. The molecule has 3 aliphatic rings. The van der Waals surface area contributed by atoms with Gasteiger partial charge in [0, 0.05) is 51.9 Å². The molecule has 0 radical (unpaired) electrons. The number of nitrogens with zero attached hydrogens (tertiary/aromatic N) is 3. The molecule has 0 spiro atoms. The summed E-state index contributed by atoms with van der Waals surface area (Å²) in [5.74, 6) is 3.61. The molecule has 3 fully saturated rings. The van der Waals surface area contributed by atoms with E-state index in [1.54, 1.807) is 0 Å². The molecule has 158 valence electrons. The van der Waals surface area contributed by atoms with Gasteiger partial charge in [-0.05, 0) is 56.8 Å². The number of aliphatic imine (C=N–C) groups is 1. The van der Waals surface area contributed by atoms with Crippen molar-refractivity contribution in [2.24, 2.45) is 22.7 Å². The zero-order valence-corrected chi connectivity index (χ0v) is 19.7. The van der Waals surface area contributed by atoms with Crippen LogP contribution in [0.4, 0.5) is 0 Å². The topological polar surface area (TPSA) is 51.1 Å². The average Bonchev–Trinajstić information content (AvgIpc) is 3.29. The SMILES string of the molecule is CCCC(CCO)CN=C(NCC)N1CCN(C2CC3CCC2C3)CC1.I. The van der Waals surface area contributed by atoms with Crippen molar-refractivity contribution in [3.8, 4) is 0 Å². The van der Waals surface area contributed by atoms with E-state index in [1.165, 1.54) is 45.2 Å². The largest absolute Gasteiger partial charge is 0.396 e. The van der Waals surface area contributed by atoms with Crippen molar-refractivity contribution in [3.63, 3.8) is 0 Å². The highest BCUT2D eigenvalue weighted by atomic mass is 127. The maximum Gasteiger partial charge on any atom is 0.194 e. The molecule has 0 aromatic carbocycles. The maximum absolute atomic E-state index is 9.28. The zero-order chi connectivity index (χ0) is 18.4. The minimum absolute atomic E-state index is 0. The van der Waals surface area contributed by atoms with Crippen LogP contribution in [0.3, 0.4) is 0 Å². The van der Waals surface area contributed by atoms with E-state index in [1.807, 2.05) is 0 Å². The maximum atomic E-state index is 9.28. The summed E-state index contributed by atoms with van der Waals surface area (Å²) < 4.78 is 0. The predicted molar refractivity (Wildman–Crippen MR) is 124 cm³/mol. The number of nitrogens with one attached hydrogen (secondary N) is 1. The monoisotopic (exact) mass is 492 g/mol. The van der Waals surface area contributed by atoms with Crippen molar-refractivity contribution >= 4 is 29.9 Å². The molecular formula is C21H41IN4O. The molecule has 1 saturated heterocycles. The summed E-state index contributed by atoms with van der Waals surface area (Å²) in [6.07, 6.45) is 9.11. The Morgan fingerprint density at radius 1 is 1.11 bits per heavy atom. The van der Waals surface area contributed by atoms with Crippen LogP contribution in [0.5, 0.6) is 0 Å². The number of aliphatic hydroxyl groups is 1. The molecule has 2 N–H and O–H groups in total. The molecule has 1 aliphatic heterocycles. The van der Waals surface area contributed by atoms with Crippen LogP contribution in [0.15, 0.2) is 4.99 Å². The van der Waals surface area contributed by atoms with Gasteiger partial charge in [0.1, 0.15) is 0 Å². The lowest BCUT2D eigenvalue weighted by molar-refractivity contribution is 0.0958. The minimum Gasteiger partial charge on any atom is -0.396 e. The Morgan fingerprint density at radius 2 is 1.89 bits per heavy atom. The van der Waals surface area contributed by atoms with E-state index in [2.05, 4.69) is 29.0 Å². The third kappa shape index (κ3) is 6.20. The minimum atomic E-state index is 0. The molecule has 4 unspecified atom stereocenters. The Bertz CT molecular complexity index is 447. The van der Waals surface area contributed by atoms with Crippen LogP contribution in [-0.4, -0.2) is 72.8 Å². The summed E-state index contributed by atoms with van der Waals surface area (Å²) >= 11 is 0. The Balaban J connectivity index is 0.00000261. The van der Waals surface area contributed by atoms with Gasteiger partial charge in [-0.15, -0.1) is 24.0 Å². The lowest BCUT2D eigenvalue weighted by atomic mass is 9.93. The first kappa shape index (κ1) is 23.2. The van der Waals surface area contributed by atoms with Crippen molar-refractivity contribution in [1.29, 1.82) is 0 Å². The first-order valence-electron chi connectivity index (χ1n) is 11.1. The smallest absolute Gasteiger partial charge is 0.194 e. The van der Waals surface area contributed by atoms with Gasteiger partial charge in [-0.1, -0.05) is 19.8 Å². The number of guanidine groups is 1. The first-order valence-corrected chi connectivity index (χ1v) is 11.1. The lowest BCUT2D eigenvalue weighted by Gasteiger charge is -2.42. The molecule has 0 aromatic rings. The molecule has 3 rings (SSSR count). The van der Waals surface area contributed by atoms with E-state index >= 15 is 0 Å². The Labute approximate surface area is 183 Å². The van der Waals surface area contributed by atoms with Crippen LogP contribution < -0.4 is 5.32 Å². The van der Waals surface area contributed by atoms with Crippen LogP contribution >= 0.6 is 24.0 Å². The van der Waals surface area contributed by atoms with E-state index in [0.29, 0.717) is 5.92 Å². The predicted octanol–water partition coefficient (Wildman–Crippen LogP) is 3.17. The van der Waals surface area contributed by atoms with Gasteiger partial charge in [-0.3, -0.25) is 9.89 Å². The van der Waals surface area contributed by atoms with Crippen molar-refractivity contribution in [2.75, 3.05) is 45.9 Å². The molecule has 2 aliphatic carbocycles. The van der Waals surface area contributed by atoms with Gasteiger partial charge < -0.3 is 15.3 Å². The summed E-state index contributed by atoms with van der Waals surface area (Å²) in [5.41, 5.74) is 0. The number of rotatable bonds is 8. The average molecular weight is 492 g/mol. The zero-order valence-electron chi connectivity index (χ0n) is 17.4. The fourth-order valence-electron chi connectivity index (χ4n) is 5.48. The molecule has 0 aromatic heterocycles. The van der Waals surface area contributed by atoms with Gasteiger partial charge in [0.25, 0.3) is 0 Å². The van der Waals surface area contributed by atoms with Crippen LogP contribution in [0.2, 0.25) is 0 Å². The van der Waals surface area contributed by atoms with Crippen molar-refractivity contribution in [1.82, 2.24) is 15.1 Å². The van der Waals surface area contributed by atoms with Gasteiger partial charge >= 0.3 is 0 Å². The van der Waals surface area contributed by atoms with E-state index in [0.717, 1.165) is 62.9 Å². The molecule has 0 amide bonds. The molecular weight excluding hydrogens is 451 g/mol. The third-order valence-corrected chi connectivity index (χ3v) is 6.85. The van der Waals surface area contributed by atoms with E-state index in [9.17, 15) is 5.11 Å². The van der Waals surface area contributed by atoms with Gasteiger partial charge in [0.2, 0.25) is 0 Å². The summed E-state index contributed by atoms with van der Waals surface area (Å²) in [6.45, 7) is 11.0. The number of aliphatic hydroxyl groups excluding tert-OH is 1. The second-order valence-electron chi connectivity index (χ2n) is 8.63. The van der Waals surface area contributed by atoms with Gasteiger partial charge in [0.15, 0.2) is 5.96 Å². The standard InChI is InChI=1S/C21H40N4O.HI/c1-3-5-17(8-13-26)16-23-21(22-4-2)25-11-9-24(10-12-25)20-15-18-6-7-19(20)14-18;/h17-20,26H,3-16H2,1-2H3,(H,22,23);1H. The fraction of sp³-hybridized carbons (Fsp3) is 0.952. The first-order chi connectivity index (χ1) is 12.7. The number of fused-ring (bicyclic) bond motifs is 2. The number of piperazine rings is 1. The van der Waals surface area contributed by atoms with Gasteiger partial charge in [-0.2, -0.15) is 0 Å². The highest BCUT2D eigenvalue weighted by Crippen LogP contribution is 2.46. The Morgan fingerprint density at radius 3 is 2.44 bits per heavy atom. The van der Waals surface area contributed by atoms with Gasteiger partial charge in [0.05, 0.1) is 0 Å². The Kier molecular flexibility index (Phi) is 10.1. The van der Waals surface area contributed by atoms with Crippen LogP contribution in [0, 0.1) is 17.8 Å². The summed E-state index contributed by atoms with van der Waals surface area (Å²) in [6, 6.07) is 0.869. The molecule has 2 bridgehead atoms. The van der Waals surface area contributed by atoms with E-state index < -0.39 is 0 Å². The van der Waals surface area contributed by atoms with Crippen molar-refractivity contribution < 1.29 is 5.11 Å². The van der Waals surface area contributed by atoms with Crippen LogP contribution in [-0.2, 0) is 0 Å². The fourth-order valence-corrected chi connectivity index (χ4v) is 5.48. The molecule has 1 heterocycles. The molecule has 2 saturated carbocycles. The van der Waals surface area contributed by atoms with Crippen molar-refractivity contribution in [3.05, 3.63) is 0 Å². The third-order valence-electron chi connectivity index (χ3n) is 6.85. The summed E-state index contributed by atoms with van der Waals surface area (Å²) in [4.78, 5) is 10.2. The van der Waals surface area contributed by atoms with E-state index in [-0.39, 0.29) is 30.6 Å². The second kappa shape index (κ2) is 11.8. The molecule has 6 heteroatoms. The number of hydrogen-bond donors (Lipinski definition) is 2. The summed E-state index contributed by atoms with van der Waals surface area (Å²) in [7, 11) is 0. The highest BCUT2D eigenvalue weighted by Gasteiger charge is 2.42. The quantitative estimate of drug-likeness (QED) is 0.311. The second-order valence-corrected chi connectivity index (χ2v) is 8.63. The van der Waals surface area contributed by atoms with Crippen molar-refractivity contribution in [2.45, 2.75) is 64.8 Å². The summed E-state index contributed by atoms with van der Waals surface area (Å²) in [5, 5.41) is 12.8.